The standard InChI is InChI=1S/C11H14O5/c1-15-9-4-2-3-8(7-9)10(11(13)14)16-6-5-12/h2-4,7,10,12H,5-6H2,1H3,(H,13,14). The van der Waals surface area contributed by atoms with E-state index in [0.717, 1.165) is 0 Å². The average molecular weight is 226 g/mol. The molecule has 5 nitrogen and oxygen atoms in total. The van der Waals surface area contributed by atoms with Crippen molar-refractivity contribution in [3.05, 3.63) is 29.8 Å². The van der Waals surface area contributed by atoms with Crippen molar-refractivity contribution in [2.45, 2.75) is 6.10 Å². The number of methoxy groups -OCH3 is 1. The van der Waals surface area contributed by atoms with E-state index in [1.807, 2.05) is 0 Å². The predicted molar refractivity (Wildman–Crippen MR) is 56.4 cm³/mol. The largest absolute Gasteiger partial charge is 0.497 e. The van der Waals surface area contributed by atoms with Crippen molar-refractivity contribution in [2.75, 3.05) is 20.3 Å². The molecule has 2 N–H and O–H groups in total. The summed E-state index contributed by atoms with van der Waals surface area (Å²) in [6, 6.07) is 6.63. The minimum Gasteiger partial charge on any atom is -0.497 e. The molecular weight excluding hydrogens is 212 g/mol. The van der Waals surface area contributed by atoms with Gasteiger partial charge in [-0.15, -0.1) is 0 Å². The SMILES string of the molecule is COc1cccc(C(OCCO)C(=O)O)c1. The highest BCUT2D eigenvalue weighted by molar-refractivity contribution is 5.74. The first-order valence-corrected chi connectivity index (χ1v) is 4.78. The highest BCUT2D eigenvalue weighted by atomic mass is 16.5. The van der Waals surface area contributed by atoms with Crippen molar-refractivity contribution in [3.63, 3.8) is 0 Å². The van der Waals surface area contributed by atoms with E-state index in [1.54, 1.807) is 24.3 Å². The monoisotopic (exact) mass is 226 g/mol. The van der Waals surface area contributed by atoms with Gasteiger partial charge in [0, 0.05) is 0 Å². The van der Waals surface area contributed by atoms with Crippen LogP contribution in [0.5, 0.6) is 5.75 Å². The van der Waals surface area contributed by atoms with Crippen molar-refractivity contribution in [1.82, 2.24) is 0 Å². The smallest absolute Gasteiger partial charge is 0.337 e. The third-order valence-corrected chi connectivity index (χ3v) is 2.00. The molecule has 5 heteroatoms. The minimum absolute atomic E-state index is 0.0197. The van der Waals surface area contributed by atoms with Crippen molar-refractivity contribution in [3.8, 4) is 5.75 Å². The van der Waals surface area contributed by atoms with Gasteiger partial charge >= 0.3 is 5.97 Å². The number of rotatable bonds is 6. The summed E-state index contributed by atoms with van der Waals surface area (Å²) in [5.74, 6) is -0.530. The molecule has 1 atom stereocenters. The number of carbonyl (C=O) groups is 1. The number of carboxylic acid groups (broad SMARTS) is 1. The van der Waals surface area contributed by atoms with Crippen LogP contribution in [-0.2, 0) is 9.53 Å². The molecule has 88 valence electrons. The maximum Gasteiger partial charge on any atom is 0.337 e. The molecule has 0 amide bonds. The van der Waals surface area contributed by atoms with Gasteiger partial charge in [0.25, 0.3) is 0 Å². The molecule has 1 aromatic rings. The Bertz CT molecular complexity index is 350. The lowest BCUT2D eigenvalue weighted by atomic mass is 10.1. The Labute approximate surface area is 93.2 Å². The number of aliphatic carboxylic acids is 1. The number of aliphatic hydroxyl groups excluding tert-OH is 1. The number of benzene rings is 1. The number of aliphatic hydroxyl groups is 1. The van der Waals surface area contributed by atoms with E-state index in [4.69, 9.17) is 19.7 Å². The van der Waals surface area contributed by atoms with Crippen LogP contribution in [0.15, 0.2) is 24.3 Å². The van der Waals surface area contributed by atoms with Gasteiger partial charge in [-0.2, -0.15) is 0 Å². The first-order valence-electron chi connectivity index (χ1n) is 4.78. The van der Waals surface area contributed by atoms with Crippen LogP contribution in [0.2, 0.25) is 0 Å². The van der Waals surface area contributed by atoms with Crippen LogP contribution in [0.1, 0.15) is 11.7 Å². The summed E-state index contributed by atoms with van der Waals surface area (Å²) in [7, 11) is 1.50. The molecule has 0 fully saturated rings. The summed E-state index contributed by atoms with van der Waals surface area (Å²) >= 11 is 0. The van der Waals surface area contributed by atoms with Crippen LogP contribution in [0.25, 0.3) is 0 Å². The van der Waals surface area contributed by atoms with Crippen LogP contribution >= 0.6 is 0 Å². The molecule has 0 aromatic heterocycles. The highest BCUT2D eigenvalue weighted by Gasteiger charge is 2.20. The van der Waals surface area contributed by atoms with E-state index in [9.17, 15) is 4.79 Å². The Morgan fingerprint density at radius 1 is 1.50 bits per heavy atom. The number of hydrogen-bond acceptors (Lipinski definition) is 4. The first kappa shape index (κ1) is 12.5. The van der Waals surface area contributed by atoms with Gasteiger partial charge in [0.2, 0.25) is 0 Å². The lowest BCUT2D eigenvalue weighted by Gasteiger charge is -2.13. The van der Waals surface area contributed by atoms with Crippen LogP contribution in [0.3, 0.4) is 0 Å². The Morgan fingerprint density at radius 3 is 2.81 bits per heavy atom. The van der Waals surface area contributed by atoms with Crippen LogP contribution in [0, 0.1) is 0 Å². The van der Waals surface area contributed by atoms with E-state index in [0.29, 0.717) is 11.3 Å². The van der Waals surface area contributed by atoms with Crippen molar-refractivity contribution >= 4 is 5.97 Å². The predicted octanol–water partition coefficient (Wildman–Crippen LogP) is 0.830. The molecule has 1 aromatic carbocycles. The first-order chi connectivity index (χ1) is 7.69. The second kappa shape index (κ2) is 6.09. The molecule has 0 bridgehead atoms. The van der Waals surface area contributed by atoms with E-state index >= 15 is 0 Å². The fourth-order valence-electron chi connectivity index (χ4n) is 1.29. The summed E-state index contributed by atoms with van der Waals surface area (Å²) in [5.41, 5.74) is 0.486. The minimum atomic E-state index is -1.10. The number of carboxylic acids is 1. The molecule has 0 saturated heterocycles. The van der Waals surface area contributed by atoms with Crippen LogP contribution in [0.4, 0.5) is 0 Å². The molecule has 1 unspecified atom stereocenters. The lowest BCUT2D eigenvalue weighted by molar-refractivity contribution is -0.151. The highest BCUT2D eigenvalue weighted by Crippen LogP contribution is 2.22. The Balaban J connectivity index is 2.87. The maximum absolute atomic E-state index is 11.0. The van der Waals surface area contributed by atoms with Crippen molar-refractivity contribution in [2.24, 2.45) is 0 Å². The van der Waals surface area contributed by atoms with Crippen LogP contribution < -0.4 is 4.74 Å². The van der Waals surface area contributed by atoms with Gasteiger partial charge in [-0.05, 0) is 17.7 Å². The zero-order valence-electron chi connectivity index (χ0n) is 8.92. The number of hydrogen-bond donors (Lipinski definition) is 2. The van der Waals surface area contributed by atoms with Crippen molar-refractivity contribution in [1.29, 1.82) is 0 Å². The van der Waals surface area contributed by atoms with Gasteiger partial charge in [-0.1, -0.05) is 12.1 Å². The fraction of sp³-hybridized carbons (Fsp3) is 0.364. The molecule has 0 spiro atoms. The number of ether oxygens (including phenoxy) is 2. The van der Waals surface area contributed by atoms with E-state index < -0.39 is 12.1 Å². The van der Waals surface area contributed by atoms with Gasteiger partial charge in [-0.3, -0.25) is 0 Å². The third-order valence-electron chi connectivity index (χ3n) is 2.00. The topological polar surface area (TPSA) is 76.0 Å². The molecule has 0 heterocycles. The summed E-state index contributed by atoms with van der Waals surface area (Å²) in [6.07, 6.45) is -1.08. The van der Waals surface area contributed by atoms with E-state index in [1.165, 1.54) is 7.11 Å². The summed E-state index contributed by atoms with van der Waals surface area (Å²) in [6.45, 7) is -0.234. The molecule has 1 rings (SSSR count). The molecule has 0 aliphatic carbocycles. The zero-order valence-corrected chi connectivity index (χ0v) is 8.92. The molecule has 0 saturated carbocycles. The molecule has 16 heavy (non-hydrogen) atoms. The fourth-order valence-corrected chi connectivity index (χ4v) is 1.29. The normalized spacial score (nSPS) is 12.1. The van der Waals surface area contributed by atoms with Crippen LogP contribution in [-0.4, -0.2) is 36.5 Å². The maximum atomic E-state index is 11.0. The summed E-state index contributed by atoms with van der Waals surface area (Å²) < 4.78 is 10.0. The van der Waals surface area contributed by atoms with Gasteiger partial charge in [0.15, 0.2) is 6.10 Å². The van der Waals surface area contributed by atoms with E-state index in [-0.39, 0.29) is 13.2 Å². The zero-order chi connectivity index (χ0) is 12.0. The molecule has 0 aliphatic rings. The molecular formula is C11H14O5. The average Bonchev–Trinajstić information content (AvgIpc) is 2.29. The van der Waals surface area contributed by atoms with Gasteiger partial charge < -0.3 is 19.7 Å². The molecule has 0 radical (unpaired) electrons. The second-order valence-electron chi connectivity index (χ2n) is 3.09. The Hall–Kier alpha value is -1.59. The summed E-state index contributed by atoms with van der Waals surface area (Å²) in [4.78, 5) is 11.0. The lowest BCUT2D eigenvalue weighted by Crippen LogP contribution is -2.17. The van der Waals surface area contributed by atoms with Crippen molar-refractivity contribution < 1.29 is 24.5 Å². The van der Waals surface area contributed by atoms with Gasteiger partial charge in [-0.25, -0.2) is 4.79 Å². The van der Waals surface area contributed by atoms with E-state index in [2.05, 4.69) is 0 Å². The molecule has 0 aliphatic heterocycles. The Morgan fingerprint density at radius 2 is 2.25 bits per heavy atom. The van der Waals surface area contributed by atoms with Gasteiger partial charge in [0.05, 0.1) is 20.3 Å². The Kier molecular flexibility index (Phi) is 4.75. The summed E-state index contributed by atoms with van der Waals surface area (Å²) in [5, 5.41) is 17.6. The second-order valence-corrected chi connectivity index (χ2v) is 3.09. The van der Waals surface area contributed by atoms with Gasteiger partial charge in [0.1, 0.15) is 5.75 Å². The third kappa shape index (κ3) is 3.22. The quantitative estimate of drug-likeness (QED) is 0.751.